The summed E-state index contributed by atoms with van der Waals surface area (Å²) in [5, 5.41) is 0. The number of rotatable bonds is 9. The van der Waals surface area contributed by atoms with Crippen molar-refractivity contribution >= 4 is 28.0 Å². The first-order valence-electron chi connectivity index (χ1n) is 11.1. The highest BCUT2D eigenvalue weighted by molar-refractivity contribution is 9.09. The minimum absolute atomic E-state index is 0.0809. The molecule has 0 radical (unpaired) electrons. The van der Waals surface area contributed by atoms with E-state index in [0.29, 0.717) is 13.2 Å². The van der Waals surface area contributed by atoms with Crippen LogP contribution in [0, 0.1) is 5.92 Å². The van der Waals surface area contributed by atoms with Crippen LogP contribution in [-0.4, -0.2) is 53.9 Å². The minimum Gasteiger partial charge on any atom is -0.466 e. The maximum atomic E-state index is 13.1. The van der Waals surface area contributed by atoms with Gasteiger partial charge < -0.3 is 18.9 Å². The maximum Gasteiger partial charge on any atom is 0.412 e. The third kappa shape index (κ3) is 5.57. The van der Waals surface area contributed by atoms with Crippen LogP contribution < -0.4 is 0 Å². The number of cyclic esters (lactones) is 1. The van der Waals surface area contributed by atoms with Crippen molar-refractivity contribution in [1.29, 1.82) is 0 Å². The molecule has 0 N–H and O–H groups in total. The van der Waals surface area contributed by atoms with E-state index in [9.17, 15) is 9.59 Å². The molecule has 0 saturated carbocycles. The van der Waals surface area contributed by atoms with Crippen molar-refractivity contribution in [2.24, 2.45) is 5.92 Å². The van der Waals surface area contributed by atoms with E-state index in [0.717, 1.165) is 11.1 Å². The van der Waals surface area contributed by atoms with Gasteiger partial charge in [0.05, 0.1) is 43.7 Å². The number of alkyl halides is 1. The summed E-state index contributed by atoms with van der Waals surface area (Å²) in [7, 11) is 0. The van der Waals surface area contributed by atoms with Crippen LogP contribution in [0.1, 0.15) is 30.5 Å². The number of ether oxygens (including phenoxy) is 4. The Hall–Kier alpha value is -2.42. The number of hydrogen-bond donors (Lipinski definition) is 0. The van der Waals surface area contributed by atoms with Crippen LogP contribution in [0.4, 0.5) is 4.79 Å². The van der Waals surface area contributed by atoms with Crippen LogP contribution in [0.5, 0.6) is 0 Å². The lowest BCUT2D eigenvalue weighted by molar-refractivity contribution is -0.148. The summed E-state index contributed by atoms with van der Waals surface area (Å²) in [5.41, 5.74) is 2.02. The molecule has 2 aliphatic rings. The fourth-order valence-electron chi connectivity index (χ4n) is 4.30. The third-order valence-electron chi connectivity index (χ3n) is 5.90. The van der Waals surface area contributed by atoms with E-state index in [-0.39, 0.29) is 42.4 Å². The van der Waals surface area contributed by atoms with Gasteiger partial charge in [-0.3, -0.25) is 9.69 Å². The summed E-state index contributed by atoms with van der Waals surface area (Å²) in [6, 6.07) is 19.3. The highest BCUT2D eigenvalue weighted by Crippen LogP contribution is 2.41. The molecule has 0 aromatic heterocycles. The van der Waals surface area contributed by atoms with E-state index in [1.165, 1.54) is 0 Å². The van der Waals surface area contributed by atoms with E-state index in [4.69, 9.17) is 18.9 Å². The monoisotopic (exact) mass is 517 g/mol. The van der Waals surface area contributed by atoms with Crippen molar-refractivity contribution in [3.05, 3.63) is 71.8 Å². The molecule has 2 aromatic carbocycles. The van der Waals surface area contributed by atoms with Gasteiger partial charge in [0.15, 0.2) is 6.23 Å². The Bertz CT molecular complexity index is 927. The molecule has 0 bridgehead atoms. The molecule has 5 atom stereocenters. The van der Waals surface area contributed by atoms with Gasteiger partial charge in [0.2, 0.25) is 0 Å². The zero-order valence-electron chi connectivity index (χ0n) is 18.5. The topological polar surface area (TPSA) is 74.3 Å². The smallest absolute Gasteiger partial charge is 0.412 e. The van der Waals surface area contributed by atoms with Crippen molar-refractivity contribution < 1.29 is 28.5 Å². The molecule has 8 heteroatoms. The van der Waals surface area contributed by atoms with E-state index >= 15 is 0 Å². The van der Waals surface area contributed by atoms with Crippen LogP contribution in [-0.2, 0) is 30.3 Å². The molecule has 0 unspecified atom stereocenters. The van der Waals surface area contributed by atoms with Gasteiger partial charge in [-0.05, 0) is 18.1 Å². The third-order valence-corrected chi connectivity index (χ3v) is 6.87. The Balaban J connectivity index is 1.47. The lowest BCUT2D eigenvalue weighted by Gasteiger charge is -2.42. The molecule has 1 amide bonds. The Labute approximate surface area is 202 Å². The lowest BCUT2D eigenvalue weighted by atomic mass is 9.94. The fourth-order valence-corrected chi connectivity index (χ4v) is 5.25. The Morgan fingerprint density at radius 1 is 1.15 bits per heavy atom. The van der Waals surface area contributed by atoms with Gasteiger partial charge in [0.1, 0.15) is 6.10 Å². The number of nitrogens with zero attached hydrogens (tertiary/aromatic N) is 1. The summed E-state index contributed by atoms with van der Waals surface area (Å²) >= 11 is 3.70. The number of esters is 1. The molecular formula is C25H28BrNO6. The summed E-state index contributed by atoms with van der Waals surface area (Å²) < 4.78 is 23.0. The van der Waals surface area contributed by atoms with Gasteiger partial charge in [-0.1, -0.05) is 76.6 Å². The number of hydrogen-bond acceptors (Lipinski definition) is 6. The predicted octanol–water partition coefficient (Wildman–Crippen LogP) is 4.45. The minimum atomic E-state index is -0.603. The molecule has 2 saturated heterocycles. The van der Waals surface area contributed by atoms with Gasteiger partial charge in [-0.2, -0.15) is 0 Å². The van der Waals surface area contributed by atoms with Crippen LogP contribution in [0.15, 0.2) is 60.7 Å². The first-order valence-corrected chi connectivity index (χ1v) is 12.1. The molecular weight excluding hydrogens is 490 g/mol. The Morgan fingerprint density at radius 3 is 2.55 bits per heavy atom. The largest absolute Gasteiger partial charge is 0.466 e. The van der Waals surface area contributed by atoms with Crippen molar-refractivity contribution in [3.63, 3.8) is 0 Å². The molecule has 0 spiro atoms. The van der Waals surface area contributed by atoms with Crippen LogP contribution in [0.3, 0.4) is 0 Å². The highest BCUT2D eigenvalue weighted by Gasteiger charge is 2.52. The van der Waals surface area contributed by atoms with Gasteiger partial charge in [0.25, 0.3) is 0 Å². The average molecular weight is 518 g/mol. The van der Waals surface area contributed by atoms with Gasteiger partial charge in [-0.25, -0.2) is 4.79 Å². The fraction of sp³-hybridized carbons (Fsp3) is 0.440. The van der Waals surface area contributed by atoms with Crippen molar-refractivity contribution in [2.75, 3.05) is 19.8 Å². The van der Waals surface area contributed by atoms with Gasteiger partial charge in [-0.15, -0.1) is 0 Å². The molecule has 0 aliphatic carbocycles. The van der Waals surface area contributed by atoms with E-state index in [2.05, 4.69) is 15.9 Å². The number of fused-ring (bicyclic) bond motifs is 1. The van der Waals surface area contributed by atoms with Gasteiger partial charge in [0, 0.05) is 5.92 Å². The Morgan fingerprint density at radius 2 is 1.85 bits per heavy atom. The number of carbonyl (C=O) groups is 2. The number of benzene rings is 2. The quantitative estimate of drug-likeness (QED) is 0.361. The highest BCUT2D eigenvalue weighted by atomic mass is 79.9. The summed E-state index contributed by atoms with van der Waals surface area (Å²) in [6.07, 6.45) is -1.48. The first-order chi connectivity index (χ1) is 16.1. The second-order valence-electron chi connectivity index (χ2n) is 8.12. The molecule has 2 heterocycles. The molecule has 4 rings (SSSR count). The molecule has 2 aliphatic heterocycles. The molecule has 2 aromatic rings. The van der Waals surface area contributed by atoms with Crippen molar-refractivity contribution in [1.82, 2.24) is 4.90 Å². The average Bonchev–Trinajstić information content (AvgIpc) is 3.29. The predicted molar refractivity (Wildman–Crippen MR) is 125 cm³/mol. The number of halogens is 1. The summed E-state index contributed by atoms with van der Waals surface area (Å²) in [6.45, 7) is 3.07. The molecule has 2 fully saturated rings. The zero-order chi connectivity index (χ0) is 23.2. The van der Waals surface area contributed by atoms with Crippen molar-refractivity contribution in [2.45, 2.75) is 43.2 Å². The number of amides is 1. The number of carbonyl (C=O) groups excluding carboxylic acids is 2. The van der Waals surface area contributed by atoms with Crippen LogP contribution in [0.2, 0.25) is 0 Å². The molecule has 7 nitrogen and oxygen atoms in total. The van der Waals surface area contributed by atoms with E-state index < -0.39 is 18.4 Å². The second-order valence-corrected chi connectivity index (χ2v) is 9.18. The van der Waals surface area contributed by atoms with Crippen LogP contribution >= 0.6 is 15.9 Å². The standard InChI is InChI=1S/C25H28BrNO6/c1-2-31-21(28)13-19(15-30-14-17-9-5-3-6-10-17)23-22(26)24-27(25(29)33-23)20(16-32-24)18-11-7-4-8-12-18/h3-12,19-20,22-24H,2,13-16H2,1H3/t19-,20+,22+,23+,24-/m1/s1. The van der Waals surface area contributed by atoms with Gasteiger partial charge >= 0.3 is 12.1 Å². The maximum absolute atomic E-state index is 13.1. The molecule has 33 heavy (non-hydrogen) atoms. The second kappa shape index (κ2) is 11.1. The SMILES string of the molecule is CCOC(=O)C[C@H](COCc1ccccc1)[C@@H]1OC(=O)N2[C@H](OC[C@H]2c2ccccc2)[C@H]1Br. The zero-order valence-corrected chi connectivity index (χ0v) is 20.1. The summed E-state index contributed by atoms with van der Waals surface area (Å²) in [5.74, 6) is -0.735. The summed E-state index contributed by atoms with van der Waals surface area (Å²) in [4.78, 5) is 26.7. The van der Waals surface area contributed by atoms with Crippen LogP contribution in [0.25, 0.3) is 0 Å². The van der Waals surface area contributed by atoms with Crippen molar-refractivity contribution in [3.8, 4) is 0 Å². The molecule has 176 valence electrons. The first kappa shape index (κ1) is 23.7. The normalized spacial score (nSPS) is 25.3. The van der Waals surface area contributed by atoms with E-state index in [1.54, 1.807) is 11.8 Å². The van der Waals surface area contributed by atoms with E-state index in [1.807, 2.05) is 60.7 Å². The Kier molecular flexibility index (Phi) is 8.01. The lowest BCUT2D eigenvalue weighted by Crippen LogP contribution is -2.57.